The molecule has 1 aromatic rings. The molecule has 0 saturated heterocycles. The lowest BCUT2D eigenvalue weighted by Gasteiger charge is -2.25. The van der Waals surface area contributed by atoms with Gasteiger partial charge in [0, 0.05) is 0 Å². The van der Waals surface area contributed by atoms with Gasteiger partial charge < -0.3 is 5.73 Å². The number of sulfonamides is 1. The molecule has 0 fully saturated rings. The fraction of sp³-hybridized carbons (Fsp3) is 0.333. The van der Waals surface area contributed by atoms with Crippen molar-refractivity contribution in [3.8, 4) is 0 Å². The van der Waals surface area contributed by atoms with Crippen molar-refractivity contribution in [2.45, 2.75) is 18.2 Å². The fourth-order valence-corrected chi connectivity index (χ4v) is 2.16. The third-order valence-electron chi connectivity index (χ3n) is 2.30. The lowest BCUT2D eigenvalue weighted by Crippen LogP contribution is -2.48. The molecule has 0 spiro atoms. The van der Waals surface area contributed by atoms with Crippen LogP contribution in [-0.2, 0) is 14.9 Å². The van der Waals surface area contributed by atoms with E-state index in [0.717, 1.165) is 0 Å². The standard InChI is InChI=1S/C9H14N2O2S/c1-2-9(10,14(11,12)13)8-6-4-3-5-7-8/h3-7H,2,10H2,1H3,(H2,11,12,13). The molecule has 0 aliphatic rings. The van der Waals surface area contributed by atoms with Crippen LogP contribution in [0.1, 0.15) is 18.9 Å². The van der Waals surface area contributed by atoms with Gasteiger partial charge in [-0.3, -0.25) is 0 Å². The van der Waals surface area contributed by atoms with E-state index in [1.807, 2.05) is 0 Å². The third-order valence-corrected chi connectivity index (χ3v) is 3.84. The number of hydrogen-bond acceptors (Lipinski definition) is 3. The van der Waals surface area contributed by atoms with Crippen LogP contribution in [0.3, 0.4) is 0 Å². The van der Waals surface area contributed by atoms with Crippen molar-refractivity contribution in [1.29, 1.82) is 0 Å². The van der Waals surface area contributed by atoms with Gasteiger partial charge in [-0.15, -0.1) is 0 Å². The third kappa shape index (κ3) is 1.79. The highest BCUT2D eigenvalue weighted by molar-refractivity contribution is 7.90. The summed E-state index contributed by atoms with van der Waals surface area (Å²) in [5, 5.41) is 5.10. The fourth-order valence-electron chi connectivity index (χ4n) is 1.29. The molecule has 0 aliphatic heterocycles. The van der Waals surface area contributed by atoms with E-state index in [-0.39, 0.29) is 6.42 Å². The second-order valence-corrected chi connectivity index (χ2v) is 4.97. The number of hydrogen-bond donors (Lipinski definition) is 2. The molecular formula is C9H14N2O2S. The Morgan fingerprint density at radius 2 is 1.79 bits per heavy atom. The van der Waals surface area contributed by atoms with E-state index in [2.05, 4.69) is 0 Å². The smallest absolute Gasteiger partial charge is 0.232 e. The molecule has 4 nitrogen and oxygen atoms in total. The van der Waals surface area contributed by atoms with Crippen LogP contribution in [0.5, 0.6) is 0 Å². The number of nitrogens with two attached hydrogens (primary N) is 2. The minimum absolute atomic E-state index is 0.246. The Labute approximate surface area is 84.0 Å². The Morgan fingerprint density at radius 1 is 1.29 bits per heavy atom. The first-order chi connectivity index (χ1) is 6.42. The molecule has 0 bridgehead atoms. The van der Waals surface area contributed by atoms with Crippen molar-refractivity contribution in [3.63, 3.8) is 0 Å². The van der Waals surface area contributed by atoms with E-state index >= 15 is 0 Å². The molecule has 0 aliphatic carbocycles. The van der Waals surface area contributed by atoms with E-state index in [1.165, 1.54) is 0 Å². The molecule has 0 saturated carbocycles. The highest BCUT2D eigenvalue weighted by atomic mass is 32.2. The highest BCUT2D eigenvalue weighted by Gasteiger charge is 2.37. The predicted molar refractivity (Wildman–Crippen MR) is 55.7 cm³/mol. The predicted octanol–water partition coefficient (Wildman–Crippen LogP) is 0.497. The number of benzene rings is 1. The minimum Gasteiger partial charge on any atom is -0.308 e. The Morgan fingerprint density at radius 3 is 2.14 bits per heavy atom. The van der Waals surface area contributed by atoms with Crippen molar-refractivity contribution in [2.75, 3.05) is 0 Å². The molecule has 1 atom stereocenters. The summed E-state index contributed by atoms with van der Waals surface area (Å²) in [5.74, 6) is 0. The summed E-state index contributed by atoms with van der Waals surface area (Å²) in [6.45, 7) is 1.69. The lowest BCUT2D eigenvalue weighted by molar-refractivity contribution is 0.517. The van der Waals surface area contributed by atoms with Gasteiger partial charge in [0.15, 0.2) is 4.87 Å². The van der Waals surface area contributed by atoms with Crippen LogP contribution in [-0.4, -0.2) is 8.42 Å². The van der Waals surface area contributed by atoms with Gasteiger partial charge in [0.1, 0.15) is 0 Å². The van der Waals surface area contributed by atoms with Gasteiger partial charge in [0.2, 0.25) is 10.0 Å². The molecule has 14 heavy (non-hydrogen) atoms. The van der Waals surface area contributed by atoms with Crippen LogP contribution in [0.15, 0.2) is 30.3 Å². The van der Waals surface area contributed by atoms with Gasteiger partial charge in [-0.2, -0.15) is 0 Å². The molecule has 4 N–H and O–H groups in total. The summed E-state index contributed by atoms with van der Waals surface area (Å²) in [4.78, 5) is -1.48. The average molecular weight is 214 g/mol. The van der Waals surface area contributed by atoms with Gasteiger partial charge in [-0.05, 0) is 12.0 Å². The molecule has 5 heteroatoms. The van der Waals surface area contributed by atoms with E-state index in [4.69, 9.17) is 10.9 Å². The maximum atomic E-state index is 11.3. The van der Waals surface area contributed by atoms with Crippen LogP contribution in [0.4, 0.5) is 0 Å². The van der Waals surface area contributed by atoms with Crippen molar-refractivity contribution in [1.82, 2.24) is 0 Å². The first-order valence-corrected chi connectivity index (χ1v) is 5.83. The Kier molecular flexibility index (Phi) is 2.94. The maximum absolute atomic E-state index is 11.3. The Bertz CT molecular complexity index is 402. The average Bonchev–Trinajstić information content (AvgIpc) is 2.16. The zero-order chi connectivity index (χ0) is 10.8. The van der Waals surface area contributed by atoms with Crippen LogP contribution in [0.25, 0.3) is 0 Å². The van der Waals surface area contributed by atoms with Crippen molar-refractivity contribution < 1.29 is 8.42 Å². The molecule has 0 amide bonds. The summed E-state index contributed by atoms with van der Waals surface area (Å²) in [5.41, 5.74) is 6.30. The highest BCUT2D eigenvalue weighted by Crippen LogP contribution is 2.25. The van der Waals surface area contributed by atoms with Crippen LogP contribution in [0, 0.1) is 0 Å². The summed E-state index contributed by atoms with van der Waals surface area (Å²) in [6, 6.07) is 8.58. The zero-order valence-electron chi connectivity index (χ0n) is 7.97. The van der Waals surface area contributed by atoms with E-state index in [0.29, 0.717) is 5.56 Å². The summed E-state index contributed by atoms with van der Waals surface area (Å²) in [7, 11) is -3.79. The monoisotopic (exact) mass is 214 g/mol. The second kappa shape index (κ2) is 3.68. The molecule has 1 unspecified atom stereocenters. The molecule has 1 aromatic carbocycles. The molecular weight excluding hydrogens is 200 g/mol. The Balaban J connectivity index is 3.30. The largest absolute Gasteiger partial charge is 0.308 e. The molecule has 0 radical (unpaired) electrons. The van der Waals surface area contributed by atoms with Gasteiger partial charge in [-0.1, -0.05) is 37.3 Å². The quantitative estimate of drug-likeness (QED) is 0.768. The summed E-state index contributed by atoms with van der Waals surface area (Å²) >= 11 is 0. The van der Waals surface area contributed by atoms with Crippen molar-refractivity contribution in [3.05, 3.63) is 35.9 Å². The molecule has 0 heterocycles. The van der Waals surface area contributed by atoms with Crippen LogP contribution < -0.4 is 10.9 Å². The van der Waals surface area contributed by atoms with Crippen molar-refractivity contribution >= 4 is 10.0 Å². The van der Waals surface area contributed by atoms with Gasteiger partial charge in [-0.25, -0.2) is 13.6 Å². The van der Waals surface area contributed by atoms with Gasteiger partial charge in [0.05, 0.1) is 0 Å². The van der Waals surface area contributed by atoms with Gasteiger partial charge in [0.25, 0.3) is 0 Å². The lowest BCUT2D eigenvalue weighted by atomic mass is 10.1. The zero-order valence-corrected chi connectivity index (χ0v) is 8.79. The minimum atomic E-state index is -3.79. The summed E-state index contributed by atoms with van der Waals surface area (Å²) < 4.78 is 22.7. The topological polar surface area (TPSA) is 86.2 Å². The Hall–Kier alpha value is -0.910. The molecule has 0 aromatic heterocycles. The van der Waals surface area contributed by atoms with E-state index < -0.39 is 14.9 Å². The SMILES string of the molecule is CCC(N)(c1ccccc1)S(N)(=O)=O. The van der Waals surface area contributed by atoms with E-state index in [9.17, 15) is 8.42 Å². The van der Waals surface area contributed by atoms with Crippen LogP contribution >= 0.6 is 0 Å². The van der Waals surface area contributed by atoms with E-state index in [1.54, 1.807) is 37.3 Å². The number of primary sulfonamides is 1. The number of rotatable bonds is 3. The first-order valence-electron chi connectivity index (χ1n) is 4.28. The van der Waals surface area contributed by atoms with Crippen LogP contribution in [0.2, 0.25) is 0 Å². The molecule has 78 valence electrons. The molecule has 1 rings (SSSR count). The summed E-state index contributed by atoms with van der Waals surface area (Å²) in [6.07, 6.45) is 0.246. The normalized spacial score (nSPS) is 16.2. The maximum Gasteiger partial charge on any atom is 0.232 e. The van der Waals surface area contributed by atoms with Gasteiger partial charge >= 0.3 is 0 Å². The second-order valence-electron chi connectivity index (χ2n) is 3.15. The first kappa shape index (κ1) is 11.2. The van der Waals surface area contributed by atoms with Crippen molar-refractivity contribution in [2.24, 2.45) is 10.9 Å².